The summed E-state index contributed by atoms with van der Waals surface area (Å²) >= 11 is 1.37. The standard InChI is InChI=1S/C17H19N3O2S/c21-15(19-17-18-8-9-23-17)12-20(11-14-6-7-14)16(22)10-13-4-2-1-3-5-13/h1-5,8-9,14H,6-7,10-12H2,(H,18,19,21). The van der Waals surface area contributed by atoms with Gasteiger partial charge in [-0.25, -0.2) is 4.98 Å². The predicted octanol–water partition coefficient (Wildman–Crippen LogP) is 2.56. The maximum atomic E-state index is 12.5. The van der Waals surface area contributed by atoms with E-state index >= 15 is 0 Å². The number of carbonyl (C=O) groups excluding carboxylic acids is 2. The average Bonchev–Trinajstić information content (AvgIpc) is 3.22. The lowest BCUT2D eigenvalue weighted by Gasteiger charge is -2.22. The van der Waals surface area contributed by atoms with E-state index in [1.54, 1.807) is 16.5 Å². The molecule has 0 saturated heterocycles. The molecule has 0 radical (unpaired) electrons. The molecule has 6 heteroatoms. The van der Waals surface area contributed by atoms with E-state index in [2.05, 4.69) is 10.3 Å². The molecule has 0 atom stereocenters. The zero-order valence-corrected chi connectivity index (χ0v) is 13.6. The first kappa shape index (κ1) is 15.7. The number of hydrogen-bond donors (Lipinski definition) is 1. The summed E-state index contributed by atoms with van der Waals surface area (Å²) in [5.74, 6) is 0.349. The van der Waals surface area contributed by atoms with Crippen LogP contribution in [-0.4, -0.2) is 34.8 Å². The number of aromatic nitrogens is 1. The Morgan fingerprint density at radius 1 is 1.26 bits per heavy atom. The quantitative estimate of drug-likeness (QED) is 0.849. The van der Waals surface area contributed by atoms with Gasteiger partial charge in [0.05, 0.1) is 13.0 Å². The summed E-state index contributed by atoms with van der Waals surface area (Å²) in [4.78, 5) is 30.4. The number of amides is 2. The highest BCUT2D eigenvalue weighted by Gasteiger charge is 2.28. The van der Waals surface area contributed by atoms with Crippen molar-refractivity contribution in [1.29, 1.82) is 0 Å². The van der Waals surface area contributed by atoms with Crippen molar-refractivity contribution in [2.24, 2.45) is 5.92 Å². The van der Waals surface area contributed by atoms with Crippen LogP contribution in [0.25, 0.3) is 0 Å². The van der Waals surface area contributed by atoms with Gasteiger partial charge in [-0.15, -0.1) is 11.3 Å². The van der Waals surface area contributed by atoms with E-state index in [9.17, 15) is 9.59 Å². The number of anilines is 1. The highest BCUT2D eigenvalue weighted by molar-refractivity contribution is 7.13. The van der Waals surface area contributed by atoms with Crippen molar-refractivity contribution in [2.75, 3.05) is 18.4 Å². The highest BCUT2D eigenvalue weighted by Crippen LogP contribution is 2.29. The van der Waals surface area contributed by atoms with Gasteiger partial charge in [-0.3, -0.25) is 9.59 Å². The van der Waals surface area contributed by atoms with Crippen molar-refractivity contribution in [3.63, 3.8) is 0 Å². The average molecular weight is 329 g/mol. The molecule has 1 aromatic heterocycles. The van der Waals surface area contributed by atoms with Gasteiger partial charge in [-0.1, -0.05) is 30.3 Å². The SMILES string of the molecule is O=C(CN(CC1CC1)C(=O)Cc1ccccc1)Nc1nccs1. The van der Waals surface area contributed by atoms with E-state index in [4.69, 9.17) is 0 Å². The summed E-state index contributed by atoms with van der Waals surface area (Å²) in [5.41, 5.74) is 0.971. The van der Waals surface area contributed by atoms with Crippen molar-refractivity contribution in [3.8, 4) is 0 Å². The molecule has 0 spiro atoms. The Balaban J connectivity index is 1.60. The Labute approximate surface area is 139 Å². The van der Waals surface area contributed by atoms with Gasteiger partial charge in [-0.2, -0.15) is 0 Å². The molecule has 0 aliphatic heterocycles. The van der Waals surface area contributed by atoms with Crippen LogP contribution < -0.4 is 5.32 Å². The Bertz CT molecular complexity index is 654. The van der Waals surface area contributed by atoms with Crippen LogP contribution in [0.1, 0.15) is 18.4 Å². The van der Waals surface area contributed by atoms with Crippen LogP contribution in [0.2, 0.25) is 0 Å². The summed E-state index contributed by atoms with van der Waals surface area (Å²) in [6.07, 6.45) is 4.26. The first-order valence-electron chi connectivity index (χ1n) is 7.72. The molecule has 1 aromatic carbocycles. The Morgan fingerprint density at radius 3 is 2.70 bits per heavy atom. The molecule has 1 heterocycles. The third-order valence-corrected chi connectivity index (χ3v) is 4.43. The number of thiazole rings is 1. The lowest BCUT2D eigenvalue weighted by molar-refractivity contribution is -0.134. The Hall–Kier alpha value is -2.21. The largest absolute Gasteiger partial charge is 0.333 e. The molecule has 23 heavy (non-hydrogen) atoms. The molecule has 1 fully saturated rings. The van der Waals surface area contributed by atoms with Crippen molar-refractivity contribution in [3.05, 3.63) is 47.5 Å². The minimum atomic E-state index is -0.193. The van der Waals surface area contributed by atoms with Gasteiger partial charge in [-0.05, 0) is 24.3 Å². The number of carbonyl (C=O) groups is 2. The Kier molecular flexibility index (Phi) is 5.02. The first-order valence-corrected chi connectivity index (χ1v) is 8.60. The maximum absolute atomic E-state index is 12.5. The van der Waals surface area contributed by atoms with Crippen LogP contribution in [0.5, 0.6) is 0 Å². The molecular weight excluding hydrogens is 310 g/mol. The lowest BCUT2D eigenvalue weighted by Crippen LogP contribution is -2.40. The smallest absolute Gasteiger partial charge is 0.245 e. The molecular formula is C17H19N3O2S. The normalized spacial score (nSPS) is 13.6. The Morgan fingerprint density at radius 2 is 2.04 bits per heavy atom. The minimum Gasteiger partial charge on any atom is -0.333 e. The van der Waals surface area contributed by atoms with E-state index < -0.39 is 0 Å². The molecule has 1 aliphatic rings. The summed E-state index contributed by atoms with van der Waals surface area (Å²) in [5, 5.41) is 5.11. The molecule has 3 rings (SSSR count). The van der Waals surface area contributed by atoms with E-state index in [1.165, 1.54) is 11.3 Å². The van der Waals surface area contributed by atoms with E-state index in [1.807, 2.05) is 30.3 Å². The summed E-state index contributed by atoms with van der Waals surface area (Å²) in [6, 6.07) is 9.63. The highest BCUT2D eigenvalue weighted by atomic mass is 32.1. The zero-order valence-electron chi connectivity index (χ0n) is 12.8. The molecule has 1 saturated carbocycles. The zero-order chi connectivity index (χ0) is 16.1. The van der Waals surface area contributed by atoms with Crippen LogP contribution in [0.3, 0.4) is 0 Å². The minimum absolute atomic E-state index is 0.00242. The van der Waals surface area contributed by atoms with Crippen molar-refractivity contribution in [1.82, 2.24) is 9.88 Å². The molecule has 2 aromatic rings. The van der Waals surface area contributed by atoms with Crippen molar-refractivity contribution >= 4 is 28.3 Å². The fourth-order valence-electron chi connectivity index (χ4n) is 2.37. The third-order valence-electron chi connectivity index (χ3n) is 3.74. The molecule has 1 aliphatic carbocycles. The van der Waals surface area contributed by atoms with Gasteiger partial charge < -0.3 is 10.2 Å². The molecule has 2 amide bonds. The second-order valence-corrected chi connectivity index (χ2v) is 6.66. The number of benzene rings is 1. The lowest BCUT2D eigenvalue weighted by atomic mass is 10.1. The van der Waals surface area contributed by atoms with Gasteiger partial charge in [0.25, 0.3) is 0 Å². The van der Waals surface area contributed by atoms with Crippen LogP contribution in [0.4, 0.5) is 5.13 Å². The van der Waals surface area contributed by atoms with Gasteiger partial charge >= 0.3 is 0 Å². The molecule has 0 bridgehead atoms. The molecule has 5 nitrogen and oxygen atoms in total. The molecule has 1 N–H and O–H groups in total. The number of hydrogen-bond acceptors (Lipinski definition) is 4. The molecule has 120 valence electrons. The number of rotatable bonds is 7. The fourth-order valence-corrected chi connectivity index (χ4v) is 2.91. The van der Waals surface area contributed by atoms with E-state index in [-0.39, 0.29) is 18.4 Å². The van der Waals surface area contributed by atoms with E-state index in [0.717, 1.165) is 18.4 Å². The topological polar surface area (TPSA) is 62.3 Å². The van der Waals surface area contributed by atoms with Crippen molar-refractivity contribution in [2.45, 2.75) is 19.3 Å². The van der Waals surface area contributed by atoms with Crippen LogP contribution in [0, 0.1) is 5.92 Å². The van der Waals surface area contributed by atoms with Crippen LogP contribution in [-0.2, 0) is 16.0 Å². The second-order valence-electron chi connectivity index (χ2n) is 5.77. The second kappa shape index (κ2) is 7.37. The van der Waals surface area contributed by atoms with Gasteiger partial charge in [0.15, 0.2) is 5.13 Å². The van der Waals surface area contributed by atoms with E-state index in [0.29, 0.717) is 24.0 Å². The van der Waals surface area contributed by atoms with Gasteiger partial charge in [0.1, 0.15) is 0 Å². The summed E-state index contributed by atoms with van der Waals surface area (Å²) < 4.78 is 0. The van der Waals surface area contributed by atoms with Crippen LogP contribution >= 0.6 is 11.3 Å². The predicted molar refractivity (Wildman–Crippen MR) is 90.2 cm³/mol. The van der Waals surface area contributed by atoms with Crippen LogP contribution in [0.15, 0.2) is 41.9 Å². The number of nitrogens with zero attached hydrogens (tertiary/aromatic N) is 2. The monoisotopic (exact) mass is 329 g/mol. The maximum Gasteiger partial charge on any atom is 0.245 e. The fraction of sp³-hybridized carbons (Fsp3) is 0.353. The van der Waals surface area contributed by atoms with Crippen molar-refractivity contribution < 1.29 is 9.59 Å². The van der Waals surface area contributed by atoms with Gasteiger partial charge in [0, 0.05) is 18.1 Å². The summed E-state index contributed by atoms with van der Waals surface area (Å²) in [7, 11) is 0. The first-order chi connectivity index (χ1) is 11.2. The third kappa shape index (κ3) is 4.89. The molecule has 0 unspecified atom stereocenters. The summed E-state index contributed by atoms with van der Waals surface area (Å²) in [6.45, 7) is 0.749. The number of nitrogens with one attached hydrogen (secondary N) is 1. The van der Waals surface area contributed by atoms with Gasteiger partial charge in [0.2, 0.25) is 11.8 Å².